The van der Waals surface area contributed by atoms with Gasteiger partial charge in [0.2, 0.25) is 0 Å². The molecule has 0 aromatic heterocycles. The molecule has 1 aromatic rings. The second-order valence-corrected chi connectivity index (χ2v) is 6.24. The molecule has 136 valence electrons. The lowest BCUT2D eigenvalue weighted by molar-refractivity contribution is -0.139. The highest BCUT2D eigenvalue weighted by Crippen LogP contribution is 2.23. The minimum atomic E-state index is -0.394. The van der Waals surface area contributed by atoms with E-state index in [0.29, 0.717) is 24.4 Å². The molecule has 0 spiro atoms. The number of urea groups is 1. The van der Waals surface area contributed by atoms with Gasteiger partial charge in [-0.25, -0.2) is 9.59 Å². The lowest BCUT2D eigenvalue weighted by atomic mass is 10.0. The van der Waals surface area contributed by atoms with Gasteiger partial charge in [-0.2, -0.15) is 0 Å². The molecule has 0 bridgehead atoms. The number of amides is 2. The van der Waals surface area contributed by atoms with Crippen LogP contribution in [0.1, 0.15) is 31.9 Å². The lowest BCUT2D eigenvalue weighted by Crippen LogP contribution is -2.51. The van der Waals surface area contributed by atoms with Crippen molar-refractivity contribution in [2.45, 2.75) is 40.7 Å². The van der Waals surface area contributed by atoms with Crippen LogP contribution in [-0.4, -0.2) is 37.7 Å². The Morgan fingerprint density at radius 1 is 1.28 bits per heavy atom. The zero-order chi connectivity index (χ0) is 18.6. The van der Waals surface area contributed by atoms with Crippen LogP contribution in [0, 0.1) is 13.8 Å². The summed E-state index contributed by atoms with van der Waals surface area (Å²) in [4.78, 5) is 26.4. The molecular weight excluding hydrogens is 318 g/mol. The van der Waals surface area contributed by atoms with E-state index in [-0.39, 0.29) is 12.1 Å². The average molecular weight is 345 g/mol. The van der Waals surface area contributed by atoms with Gasteiger partial charge < -0.3 is 20.3 Å². The van der Waals surface area contributed by atoms with Gasteiger partial charge in [0.25, 0.3) is 0 Å². The number of ether oxygens (including phenoxy) is 1. The molecule has 0 fully saturated rings. The summed E-state index contributed by atoms with van der Waals surface area (Å²) in [6, 6.07) is 5.58. The quantitative estimate of drug-likeness (QED) is 0.778. The second-order valence-electron chi connectivity index (χ2n) is 6.24. The van der Waals surface area contributed by atoms with Gasteiger partial charge >= 0.3 is 12.0 Å². The summed E-state index contributed by atoms with van der Waals surface area (Å²) in [5.74, 6) is -0.394. The van der Waals surface area contributed by atoms with Crippen molar-refractivity contribution in [2.75, 3.05) is 24.6 Å². The fourth-order valence-electron chi connectivity index (χ4n) is 3.12. The molecule has 2 N–H and O–H groups in total. The highest BCUT2D eigenvalue weighted by atomic mass is 16.5. The van der Waals surface area contributed by atoms with Crippen molar-refractivity contribution in [3.05, 3.63) is 40.6 Å². The van der Waals surface area contributed by atoms with Crippen LogP contribution >= 0.6 is 0 Å². The third-order valence-corrected chi connectivity index (χ3v) is 4.29. The molecule has 1 aliphatic heterocycles. The Bertz CT molecular complexity index is 697. The zero-order valence-corrected chi connectivity index (χ0v) is 15.6. The Labute approximate surface area is 149 Å². The Morgan fingerprint density at radius 3 is 2.60 bits per heavy atom. The Kier molecular flexibility index (Phi) is 6.07. The number of hydrogen-bond donors (Lipinski definition) is 2. The van der Waals surface area contributed by atoms with Crippen molar-refractivity contribution >= 4 is 17.7 Å². The van der Waals surface area contributed by atoms with Gasteiger partial charge in [0.1, 0.15) is 0 Å². The van der Waals surface area contributed by atoms with Crippen molar-refractivity contribution in [3.63, 3.8) is 0 Å². The number of likely N-dealkylation sites (N-methyl/N-ethyl adjacent to an activating group) is 1. The Balaban J connectivity index is 2.38. The van der Waals surface area contributed by atoms with E-state index in [2.05, 4.69) is 54.5 Å². The largest absolute Gasteiger partial charge is 0.463 e. The summed E-state index contributed by atoms with van der Waals surface area (Å²) >= 11 is 0. The van der Waals surface area contributed by atoms with Gasteiger partial charge in [0, 0.05) is 12.2 Å². The van der Waals surface area contributed by atoms with E-state index in [0.717, 1.165) is 17.8 Å². The summed E-state index contributed by atoms with van der Waals surface area (Å²) in [6.07, 6.45) is 0. The molecule has 1 atom stereocenters. The molecular formula is C19H27N3O3. The number of anilines is 1. The van der Waals surface area contributed by atoms with Crippen LogP contribution in [0.3, 0.4) is 0 Å². The molecule has 6 nitrogen and oxygen atoms in total. The number of benzene rings is 1. The molecule has 0 radical (unpaired) electrons. The third kappa shape index (κ3) is 4.32. The molecule has 0 saturated heterocycles. The molecule has 6 heteroatoms. The third-order valence-electron chi connectivity index (χ3n) is 4.29. The topological polar surface area (TPSA) is 70.7 Å². The number of esters is 1. The van der Waals surface area contributed by atoms with E-state index >= 15 is 0 Å². The van der Waals surface area contributed by atoms with Crippen molar-refractivity contribution in [1.82, 2.24) is 10.6 Å². The molecule has 2 amide bonds. The van der Waals surface area contributed by atoms with Crippen LogP contribution in [0.15, 0.2) is 29.5 Å². The predicted molar refractivity (Wildman–Crippen MR) is 98.6 cm³/mol. The van der Waals surface area contributed by atoms with Gasteiger partial charge in [-0.3, -0.25) is 0 Å². The van der Waals surface area contributed by atoms with Gasteiger partial charge in [-0.1, -0.05) is 17.7 Å². The number of carbonyl (C=O) groups excluding carboxylic acids is 2. The van der Waals surface area contributed by atoms with Crippen LogP contribution < -0.4 is 15.5 Å². The summed E-state index contributed by atoms with van der Waals surface area (Å²) in [7, 11) is 0. The maximum atomic E-state index is 12.4. The molecule has 0 saturated carbocycles. The molecule has 1 heterocycles. The summed E-state index contributed by atoms with van der Waals surface area (Å²) in [5, 5.41) is 5.51. The van der Waals surface area contributed by atoms with Crippen LogP contribution in [0.4, 0.5) is 10.5 Å². The van der Waals surface area contributed by atoms with E-state index in [1.54, 1.807) is 13.8 Å². The minimum Gasteiger partial charge on any atom is -0.463 e. The molecule has 1 aliphatic rings. The first kappa shape index (κ1) is 18.8. The van der Waals surface area contributed by atoms with E-state index in [1.807, 2.05) is 0 Å². The first-order valence-corrected chi connectivity index (χ1v) is 8.67. The first-order valence-electron chi connectivity index (χ1n) is 8.67. The Morgan fingerprint density at radius 2 is 2.00 bits per heavy atom. The normalized spacial score (nSPS) is 17.0. The Hall–Kier alpha value is -2.50. The van der Waals surface area contributed by atoms with E-state index in [4.69, 9.17) is 4.74 Å². The lowest BCUT2D eigenvalue weighted by Gasteiger charge is -2.31. The highest BCUT2D eigenvalue weighted by Gasteiger charge is 2.30. The fourth-order valence-corrected chi connectivity index (χ4v) is 3.12. The second kappa shape index (κ2) is 8.05. The van der Waals surface area contributed by atoms with E-state index in [1.165, 1.54) is 5.56 Å². The average Bonchev–Trinajstić information content (AvgIpc) is 2.52. The van der Waals surface area contributed by atoms with Crippen molar-refractivity contribution in [2.24, 2.45) is 0 Å². The summed E-state index contributed by atoms with van der Waals surface area (Å²) in [5.41, 5.74) is 4.52. The van der Waals surface area contributed by atoms with E-state index < -0.39 is 5.97 Å². The van der Waals surface area contributed by atoms with E-state index in [9.17, 15) is 9.59 Å². The number of nitrogens with zero attached hydrogens (tertiary/aromatic N) is 1. The van der Waals surface area contributed by atoms with Crippen molar-refractivity contribution in [1.29, 1.82) is 0 Å². The zero-order valence-electron chi connectivity index (χ0n) is 15.6. The minimum absolute atomic E-state index is 0.296. The maximum Gasteiger partial charge on any atom is 0.337 e. The van der Waals surface area contributed by atoms with Gasteiger partial charge in [-0.05, 0) is 46.2 Å². The summed E-state index contributed by atoms with van der Waals surface area (Å²) < 4.78 is 5.17. The number of rotatable bonds is 6. The molecule has 1 unspecified atom stereocenters. The van der Waals surface area contributed by atoms with Crippen molar-refractivity contribution < 1.29 is 14.3 Å². The SMILES string of the molecule is CCOC(=O)C1=C(CN(CC)c2ccc(C)cc2C)NC(=O)NC1C. The smallest absolute Gasteiger partial charge is 0.337 e. The predicted octanol–water partition coefficient (Wildman–Crippen LogP) is 2.65. The molecule has 1 aromatic carbocycles. The molecule has 2 rings (SSSR count). The van der Waals surface area contributed by atoms with Crippen molar-refractivity contribution in [3.8, 4) is 0 Å². The van der Waals surface area contributed by atoms with Gasteiger partial charge in [0.05, 0.1) is 30.5 Å². The van der Waals surface area contributed by atoms with Crippen LogP contribution in [0.5, 0.6) is 0 Å². The molecule has 0 aliphatic carbocycles. The van der Waals surface area contributed by atoms with Gasteiger partial charge in [0.15, 0.2) is 0 Å². The number of hydrogen-bond acceptors (Lipinski definition) is 4. The number of carbonyl (C=O) groups is 2. The van der Waals surface area contributed by atoms with Crippen LogP contribution in [-0.2, 0) is 9.53 Å². The standard InChI is InChI=1S/C19H27N3O3/c1-6-22(16-9-8-12(3)10-13(16)4)11-15-17(18(23)25-7-2)14(5)20-19(24)21-15/h8-10,14H,6-7,11H2,1-5H3,(H2,20,21,24). The number of aryl methyl sites for hydroxylation is 2. The highest BCUT2D eigenvalue weighted by molar-refractivity contribution is 5.94. The summed E-state index contributed by atoms with van der Waals surface area (Å²) in [6.45, 7) is 11.2. The number of nitrogens with one attached hydrogen (secondary N) is 2. The van der Waals surface area contributed by atoms with Gasteiger partial charge in [-0.15, -0.1) is 0 Å². The monoisotopic (exact) mass is 345 g/mol. The van der Waals surface area contributed by atoms with Crippen LogP contribution in [0.2, 0.25) is 0 Å². The molecule has 25 heavy (non-hydrogen) atoms. The maximum absolute atomic E-state index is 12.4. The first-order chi connectivity index (χ1) is 11.9. The van der Waals surface area contributed by atoms with Crippen LogP contribution in [0.25, 0.3) is 0 Å². The fraction of sp³-hybridized carbons (Fsp3) is 0.474.